The standard InChI is InChI=1S/C19H23BrN2O2/c20-16-3-4-17(23)15(7-16)11-21-22-18(24)19-8-12-1-2-13(9-19)6-14(5-12)10-19/h3-4,7,11-14,23H,1-2,5-6,8-10H2,(H,22,24)/b21-11+/t12-,13+,14?,19?. The summed E-state index contributed by atoms with van der Waals surface area (Å²) >= 11 is 3.37. The third-order valence-electron chi connectivity index (χ3n) is 6.20. The number of hydrazone groups is 1. The third kappa shape index (κ3) is 2.99. The lowest BCUT2D eigenvalue weighted by molar-refractivity contribution is -0.138. The van der Waals surface area contributed by atoms with Gasteiger partial charge in [0.1, 0.15) is 5.75 Å². The molecule has 0 saturated heterocycles. The van der Waals surface area contributed by atoms with Gasteiger partial charge in [0.05, 0.1) is 11.6 Å². The van der Waals surface area contributed by atoms with Gasteiger partial charge in [-0.1, -0.05) is 28.8 Å². The van der Waals surface area contributed by atoms with Crippen molar-refractivity contribution in [3.05, 3.63) is 28.2 Å². The number of amides is 1. The number of rotatable bonds is 3. The number of phenols is 1. The maximum Gasteiger partial charge on any atom is 0.246 e. The molecule has 0 aromatic heterocycles. The Balaban J connectivity index is 1.48. The molecule has 1 aromatic carbocycles. The fourth-order valence-electron chi connectivity index (χ4n) is 5.38. The van der Waals surface area contributed by atoms with Gasteiger partial charge in [-0.3, -0.25) is 4.79 Å². The van der Waals surface area contributed by atoms with Crippen LogP contribution in [0.5, 0.6) is 5.75 Å². The number of phenolic OH excluding ortho intramolecular Hbond substituents is 1. The van der Waals surface area contributed by atoms with Crippen molar-refractivity contribution in [2.45, 2.75) is 44.9 Å². The van der Waals surface area contributed by atoms with Crippen LogP contribution in [-0.4, -0.2) is 17.2 Å². The van der Waals surface area contributed by atoms with E-state index in [1.807, 2.05) is 0 Å². The first kappa shape index (κ1) is 16.1. The van der Waals surface area contributed by atoms with Crippen molar-refractivity contribution in [1.29, 1.82) is 0 Å². The minimum Gasteiger partial charge on any atom is -0.507 e. The molecule has 4 aliphatic rings. The van der Waals surface area contributed by atoms with Gasteiger partial charge in [-0.2, -0.15) is 5.10 Å². The lowest BCUT2D eigenvalue weighted by atomic mass is 9.58. The molecule has 4 bridgehead atoms. The van der Waals surface area contributed by atoms with E-state index in [-0.39, 0.29) is 17.1 Å². The van der Waals surface area contributed by atoms with Crippen LogP contribution in [0.2, 0.25) is 0 Å². The lowest BCUT2D eigenvalue weighted by Crippen LogP contribution is -2.47. The molecule has 4 fully saturated rings. The predicted molar refractivity (Wildman–Crippen MR) is 96.8 cm³/mol. The molecule has 2 N–H and O–H groups in total. The Hall–Kier alpha value is -1.36. The van der Waals surface area contributed by atoms with E-state index < -0.39 is 0 Å². The van der Waals surface area contributed by atoms with Crippen LogP contribution in [0.4, 0.5) is 0 Å². The second-order valence-electron chi connectivity index (χ2n) is 7.94. The Morgan fingerprint density at radius 1 is 1.21 bits per heavy atom. The Morgan fingerprint density at radius 3 is 2.58 bits per heavy atom. The van der Waals surface area contributed by atoms with Crippen LogP contribution < -0.4 is 5.43 Å². The molecular weight excluding hydrogens is 368 g/mol. The molecule has 1 amide bonds. The summed E-state index contributed by atoms with van der Waals surface area (Å²) in [4.78, 5) is 12.9. The zero-order chi connectivity index (χ0) is 16.7. The van der Waals surface area contributed by atoms with Crippen molar-refractivity contribution in [2.75, 3.05) is 0 Å². The van der Waals surface area contributed by atoms with Crippen molar-refractivity contribution in [1.82, 2.24) is 5.43 Å². The average molecular weight is 391 g/mol. The summed E-state index contributed by atoms with van der Waals surface area (Å²) in [6, 6.07) is 5.15. The molecule has 0 radical (unpaired) electrons. The van der Waals surface area contributed by atoms with Gasteiger partial charge in [0.25, 0.3) is 0 Å². The number of carbonyl (C=O) groups excluding carboxylic acids is 1. The van der Waals surface area contributed by atoms with Crippen LogP contribution in [0.15, 0.2) is 27.8 Å². The first-order valence-electron chi connectivity index (χ1n) is 8.86. The van der Waals surface area contributed by atoms with Gasteiger partial charge in [0, 0.05) is 10.0 Å². The van der Waals surface area contributed by atoms with E-state index in [2.05, 4.69) is 26.5 Å². The number of hydrogen-bond donors (Lipinski definition) is 2. The molecule has 24 heavy (non-hydrogen) atoms. The largest absolute Gasteiger partial charge is 0.507 e. The molecule has 5 rings (SSSR count). The summed E-state index contributed by atoms with van der Waals surface area (Å²) in [6.45, 7) is 0. The van der Waals surface area contributed by atoms with E-state index in [1.54, 1.807) is 18.2 Å². The number of nitrogens with one attached hydrogen (secondary N) is 1. The van der Waals surface area contributed by atoms with Crippen molar-refractivity contribution in [3.8, 4) is 5.75 Å². The molecule has 4 saturated carbocycles. The molecule has 2 unspecified atom stereocenters. The van der Waals surface area contributed by atoms with Crippen LogP contribution in [-0.2, 0) is 4.79 Å². The monoisotopic (exact) mass is 390 g/mol. The average Bonchev–Trinajstić information content (AvgIpc) is 2.76. The van der Waals surface area contributed by atoms with Crippen LogP contribution in [0, 0.1) is 23.2 Å². The zero-order valence-electron chi connectivity index (χ0n) is 13.7. The molecule has 1 aromatic rings. The van der Waals surface area contributed by atoms with E-state index in [0.29, 0.717) is 5.56 Å². The minimum absolute atomic E-state index is 0.0783. The van der Waals surface area contributed by atoms with Gasteiger partial charge in [-0.25, -0.2) is 5.43 Å². The van der Waals surface area contributed by atoms with E-state index >= 15 is 0 Å². The number of carbonyl (C=O) groups is 1. The summed E-state index contributed by atoms with van der Waals surface area (Å²) < 4.78 is 0.866. The van der Waals surface area contributed by atoms with Crippen molar-refractivity contribution in [3.63, 3.8) is 0 Å². The summed E-state index contributed by atoms with van der Waals surface area (Å²) in [5.41, 5.74) is 3.15. The van der Waals surface area contributed by atoms with Gasteiger partial charge >= 0.3 is 0 Å². The highest BCUT2D eigenvalue weighted by Gasteiger charge is 2.52. The first-order valence-corrected chi connectivity index (χ1v) is 9.65. The van der Waals surface area contributed by atoms with Gasteiger partial charge in [0.2, 0.25) is 5.91 Å². The molecule has 4 nitrogen and oxygen atoms in total. The molecule has 4 atom stereocenters. The van der Waals surface area contributed by atoms with E-state index in [9.17, 15) is 9.90 Å². The highest BCUT2D eigenvalue weighted by molar-refractivity contribution is 9.10. The minimum atomic E-state index is -0.205. The van der Waals surface area contributed by atoms with Crippen LogP contribution in [0.25, 0.3) is 0 Å². The number of nitrogens with zero attached hydrogens (tertiary/aromatic N) is 1. The maximum atomic E-state index is 12.9. The SMILES string of the molecule is O=C(N/N=C/c1cc(Br)ccc1O)C12CC3C[C@@H](CC[C@@H](C3)C1)C2. The van der Waals surface area contributed by atoms with Crippen molar-refractivity contribution >= 4 is 28.1 Å². The molecule has 0 heterocycles. The molecule has 4 aliphatic carbocycles. The molecule has 128 valence electrons. The van der Waals surface area contributed by atoms with E-state index in [4.69, 9.17) is 0 Å². The quantitative estimate of drug-likeness (QED) is 0.599. The smallest absolute Gasteiger partial charge is 0.246 e. The maximum absolute atomic E-state index is 12.9. The van der Waals surface area contributed by atoms with Crippen LogP contribution >= 0.6 is 15.9 Å². The topological polar surface area (TPSA) is 61.7 Å². The second kappa shape index (κ2) is 6.17. The van der Waals surface area contributed by atoms with Gasteiger partial charge in [-0.05, 0) is 68.1 Å². The Kier molecular flexibility index (Phi) is 4.15. The molecule has 0 spiro atoms. The van der Waals surface area contributed by atoms with Crippen LogP contribution in [0.3, 0.4) is 0 Å². The Morgan fingerprint density at radius 2 is 1.88 bits per heavy atom. The van der Waals surface area contributed by atoms with Crippen molar-refractivity contribution < 1.29 is 9.90 Å². The number of halogens is 1. The van der Waals surface area contributed by atoms with Gasteiger partial charge < -0.3 is 5.11 Å². The normalized spacial score (nSPS) is 34.5. The number of aromatic hydroxyl groups is 1. The summed E-state index contributed by atoms with van der Waals surface area (Å²) in [7, 11) is 0. The van der Waals surface area contributed by atoms with Gasteiger partial charge in [-0.15, -0.1) is 0 Å². The number of benzene rings is 1. The Bertz CT molecular complexity index is 672. The number of hydrogen-bond acceptors (Lipinski definition) is 3. The first-order chi connectivity index (χ1) is 11.5. The van der Waals surface area contributed by atoms with Crippen LogP contribution in [0.1, 0.15) is 50.5 Å². The zero-order valence-corrected chi connectivity index (χ0v) is 15.3. The number of fused-ring (bicyclic) bond motifs is 1. The lowest BCUT2D eigenvalue weighted by Gasteiger charge is -2.46. The highest BCUT2D eigenvalue weighted by Crippen LogP contribution is 2.57. The Labute approximate surface area is 150 Å². The summed E-state index contributed by atoms with van der Waals surface area (Å²) in [5.74, 6) is 2.41. The van der Waals surface area contributed by atoms with E-state index in [0.717, 1.165) is 41.5 Å². The fraction of sp³-hybridized carbons (Fsp3) is 0.579. The summed E-state index contributed by atoms with van der Waals surface area (Å²) in [5, 5.41) is 14.0. The predicted octanol–water partition coefficient (Wildman–Crippen LogP) is 4.21. The van der Waals surface area contributed by atoms with Gasteiger partial charge in [0.15, 0.2) is 0 Å². The van der Waals surface area contributed by atoms with E-state index in [1.165, 1.54) is 31.9 Å². The molecule has 5 heteroatoms. The van der Waals surface area contributed by atoms with Crippen molar-refractivity contribution in [2.24, 2.45) is 28.3 Å². The summed E-state index contributed by atoms with van der Waals surface area (Å²) in [6.07, 6.45) is 9.85. The third-order valence-corrected chi connectivity index (χ3v) is 6.69. The molecule has 0 aliphatic heterocycles. The molecular formula is C19H23BrN2O2. The highest BCUT2D eigenvalue weighted by atomic mass is 79.9. The second-order valence-corrected chi connectivity index (χ2v) is 8.86. The fourth-order valence-corrected chi connectivity index (χ4v) is 5.76.